The molecule has 2 atom stereocenters. The Kier molecular flexibility index (Phi) is 4.13. The van der Waals surface area contributed by atoms with E-state index in [2.05, 4.69) is 0 Å². The zero-order chi connectivity index (χ0) is 11.5. The smallest absolute Gasteiger partial charge is 0.330 e. The highest BCUT2D eigenvalue weighted by Gasteiger charge is 2.34. The van der Waals surface area contributed by atoms with E-state index < -0.39 is 12.6 Å². The molecule has 0 aromatic rings. The molecule has 0 bridgehead atoms. The summed E-state index contributed by atoms with van der Waals surface area (Å²) in [5.74, 6) is -0.386. The van der Waals surface area contributed by atoms with Crippen molar-refractivity contribution in [3.05, 3.63) is 0 Å². The van der Waals surface area contributed by atoms with Crippen molar-refractivity contribution in [2.45, 2.75) is 38.3 Å². The number of carbonyl (C=O) groups is 1. The normalized spacial score (nSPS) is 26.9. The standard InChI is InChI=1S/C10H16F3NO/c11-10(12,13)5-4-9(15)8-3-1-2-7(8)6-14/h7-8H,1-6,14H2. The predicted molar refractivity (Wildman–Crippen MR) is 50.2 cm³/mol. The average Bonchev–Trinajstić information content (AvgIpc) is 2.60. The van der Waals surface area contributed by atoms with Gasteiger partial charge in [-0.3, -0.25) is 4.79 Å². The van der Waals surface area contributed by atoms with E-state index in [0.29, 0.717) is 13.0 Å². The van der Waals surface area contributed by atoms with E-state index in [-0.39, 0.29) is 24.0 Å². The monoisotopic (exact) mass is 223 g/mol. The van der Waals surface area contributed by atoms with Crippen LogP contribution >= 0.6 is 0 Å². The van der Waals surface area contributed by atoms with Gasteiger partial charge in [-0.15, -0.1) is 0 Å². The zero-order valence-electron chi connectivity index (χ0n) is 8.52. The van der Waals surface area contributed by atoms with Gasteiger partial charge in [0.25, 0.3) is 0 Å². The van der Waals surface area contributed by atoms with Gasteiger partial charge in [0.15, 0.2) is 0 Å². The molecule has 1 saturated carbocycles. The molecule has 0 spiro atoms. The Balaban J connectivity index is 2.40. The molecule has 1 aliphatic carbocycles. The maximum Gasteiger partial charge on any atom is 0.389 e. The molecular formula is C10H16F3NO. The first-order chi connectivity index (χ1) is 6.94. The molecule has 0 aromatic carbocycles. The topological polar surface area (TPSA) is 43.1 Å². The number of alkyl halides is 3. The van der Waals surface area contributed by atoms with Crippen LogP contribution < -0.4 is 5.73 Å². The summed E-state index contributed by atoms with van der Waals surface area (Å²) in [5.41, 5.74) is 5.47. The summed E-state index contributed by atoms with van der Waals surface area (Å²) in [7, 11) is 0. The first-order valence-electron chi connectivity index (χ1n) is 5.23. The Morgan fingerprint density at radius 3 is 2.53 bits per heavy atom. The Morgan fingerprint density at radius 1 is 1.33 bits per heavy atom. The van der Waals surface area contributed by atoms with E-state index in [1.165, 1.54) is 0 Å². The lowest BCUT2D eigenvalue weighted by Crippen LogP contribution is -2.26. The van der Waals surface area contributed by atoms with E-state index in [9.17, 15) is 18.0 Å². The molecular weight excluding hydrogens is 207 g/mol. The summed E-state index contributed by atoms with van der Waals surface area (Å²) >= 11 is 0. The second kappa shape index (κ2) is 4.96. The molecule has 0 aromatic heterocycles. The number of halogens is 3. The minimum absolute atomic E-state index is 0.103. The third-order valence-electron chi connectivity index (χ3n) is 3.03. The van der Waals surface area contributed by atoms with Gasteiger partial charge in [-0.1, -0.05) is 6.42 Å². The highest BCUT2D eigenvalue weighted by molar-refractivity contribution is 5.81. The molecule has 0 saturated heterocycles. The van der Waals surface area contributed by atoms with E-state index in [4.69, 9.17) is 5.73 Å². The fraction of sp³-hybridized carbons (Fsp3) is 0.900. The Labute approximate surface area is 87.0 Å². The number of Topliss-reactive ketones (excluding diaryl/α,β-unsaturated/α-hetero) is 1. The van der Waals surface area contributed by atoms with E-state index in [0.717, 1.165) is 12.8 Å². The lowest BCUT2D eigenvalue weighted by atomic mass is 9.90. The van der Waals surface area contributed by atoms with Crippen LogP contribution in [-0.2, 0) is 4.79 Å². The van der Waals surface area contributed by atoms with Crippen molar-refractivity contribution < 1.29 is 18.0 Å². The van der Waals surface area contributed by atoms with Gasteiger partial charge in [-0.2, -0.15) is 13.2 Å². The number of rotatable bonds is 4. The van der Waals surface area contributed by atoms with Crippen molar-refractivity contribution in [3.8, 4) is 0 Å². The molecule has 0 radical (unpaired) electrons. The minimum atomic E-state index is -4.23. The summed E-state index contributed by atoms with van der Waals surface area (Å²) in [6, 6.07) is 0. The number of ketones is 1. The molecule has 0 amide bonds. The van der Waals surface area contributed by atoms with Gasteiger partial charge in [0, 0.05) is 12.3 Å². The Morgan fingerprint density at radius 2 is 2.00 bits per heavy atom. The molecule has 1 fully saturated rings. The quantitative estimate of drug-likeness (QED) is 0.794. The second-order valence-corrected chi connectivity index (χ2v) is 4.11. The van der Waals surface area contributed by atoms with Crippen molar-refractivity contribution in [1.82, 2.24) is 0 Å². The molecule has 1 rings (SSSR count). The van der Waals surface area contributed by atoms with Crippen molar-refractivity contribution in [2.24, 2.45) is 17.6 Å². The van der Waals surface area contributed by atoms with Gasteiger partial charge >= 0.3 is 6.18 Å². The average molecular weight is 223 g/mol. The number of nitrogens with two attached hydrogens (primary N) is 1. The fourth-order valence-corrected chi connectivity index (χ4v) is 2.19. The lowest BCUT2D eigenvalue weighted by Gasteiger charge is -2.16. The molecule has 1 aliphatic rings. The van der Waals surface area contributed by atoms with Crippen molar-refractivity contribution in [2.75, 3.05) is 6.54 Å². The molecule has 88 valence electrons. The van der Waals surface area contributed by atoms with E-state index >= 15 is 0 Å². The van der Waals surface area contributed by atoms with Gasteiger partial charge in [-0.25, -0.2) is 0 Å². The highest BCUT2D eigenvalue weighted by atomic mass is 19.4. The van der Waals surface area contributed by atoms with Crippen LogP contribution in [0.25, 0.3) is 0 Å². The van der Waals surface area contributed by atoms with Crippen LogP contribution in [-0.4, -0.2) is 18.5 Å². The zero-order valence-corrected chi connectivity index (χ0v) is 8.52. The molecule has 0 aliphatic heterocycles. The van der Waals surface area contributed by atoms with Crippen molar-refractivity contribution in [3.63, 3.8) is 0 Å². The SMILES string of the molecule is NCC1CCCC1C(=O)CCC(F)(F)F. The molecule has 15 heavy (non-hydrogen) atoms. The van der Waals surface area contributed by atoms with Crippen molar-refractivity contribution >= 4 is 5.78 Å². The molecule has 2 unspecified atom stereocenters. The Bertz CT molecular complexity index is 227. The first-order valence-corrected chi connectivity index (χ1v) is 5.23. The maximum atomic E-state index is 11.9. The van der Waals surface area contributed by atoms with E-state index in [1.807, 2.05) is 0 Å². The maximum absolute atomic E-state index is 11.9. The summed E-state index contributed by atoms with van der Waals surface area (Å²) in [5, 5.41) is 0. The fourth-order valence-electron chi connectivity index (χ4n) is 2.19. The first kappa shape index (κ1) is 12.5. The summed E-state index contributed by atoms with van der Waals surface area (Å²) in [6.45, 7) is 0.405. The van der Waals surface area contributed by atoms with Crippen molar-refractivity contribution in [1.29, 1.82) is 0 Å². The van der Waals surface area contributed by atoms with Crippen LogP contribution in [0.2, 0.25) is 0 Å². The van der Waals surface area contributed by atoms with Crippen LogP contribution in [0, 0.1) is 11.8 Å². The lowest BCUT2D eigenvalue weighted by molar-refractivity contribution is -0.145. The largest absolute Gasteiger partial charge is 0.389 e. The summed E-state index contributed by atoms with van der Waals surface area (Å²) in [6.07, 6.45) is -3.13. The molecule has 0 heterocycles. The minimum Gasteiger partial charge on any atom is -0.330 e. The second-order valence-electron chi connectivity index (χ2n) is 4.11. The third kappa shape index (κ3) is 3.81. The van der Waals surface area contributed by atoms with Crippen LogP contribution in [0.4, 0.5) is 13.2 Å². The van der Waals surface area contributed by atoms with Crippen LogP contribution in [0.3, 0.4) is 0 Å². The van der Waals surface area contributed by atoms with Gasteiger partial charge in [0.2, 0.25) is 0 Å². The van der Waals surface area contributed by atoms with Crippen LogP contribution in [0.5, 0.6) is 0 Å². The summed E-state index contributed by atoms with van der Waals surface area (Å²) in [4.78, 5) is 11.5. The molecule has 2 N–H and O–H groups in total. The van der Waals surface area contributed by atoms with Gasteiger partial charge in [-0.05, 0) is 25.3 Å². The van der Waals surface area contributed by atoms with Gasteiger partial charge in [0.05, 0.1) is 6.42 Å². The van der Waals surface area contributed by atoms with Gasteiger partial charge < -0.3 is 5.73 Å². The highest BCUT2D eigenvalue weighted by Crippen LogP contribution is 2.33. The predicted octanol–water partition coefficient (Wildman–Crippen LogP) is 2.27. The number of hydrogen-bond donors (Lipinski definition) is 1. The molecule has 2 nitrogen and oxygen atoms in total. The van der Waals surface area contributed by atoms with Gasteiger partial charge in [0.1, 0.15) is 5.78 Å². The third-order valence-corrected chi connectivity index (χ3v) is 3.03. The van der Waals surface area contributed by atoms with Crippen LogP contribution in [0.1, 0.15) is 32.1 Å². The molecule has 5 heteroatoms. The van der Waals surface area contributed by atoms with Crippen LogP contribution in [0.15, 0.2) is 0 Å². The summed E-state index contributed by atoms with van der Waals surface area (Å²) < 4.78 is 35.7. The number of carbonyl (C=O) groups excluding carboxylic acids is 1. The Hall–Kier alpha value is -0.580. The van der Waals surface area contributed by atoms with E-state index in [1.54, 1.807) is 0 Å². The number of hydrogen-bond acceptors (Lipinski definition) is 2.